The standard InChI is InChI=1S/C14H16N2O2S/c1-14(13(17)18)7-4-8-16(14)9-12-15-10-5-2-3-6-11(10)19-12/h2-3,5-6H,4,7-9H2,1H3,(H,17,18). The van der Waals surface area contributed by atoms with Gasteiger partial charge in [0.2, 0.25) is 0 Å². The summed E-state index contributed by atoms with van der Waals surface area (Å²) in [4.78, 5) is 18.1. The number of para-hydroxylation sites is 1. The van der Waals surface area contributed by atoms with E-state index in [1.165, 1.54) is 0 Å². The Morgan fingerprint density at radius 1 is 1.53 bits per heavy atom. The van der Waals surface area contributed by atoms with Gasteiger partial charge in [0, 0.05) is 0 Å². The molecule has 4 nitrogen and oxygen atoms in total. The lowest BCUT2D eigenvalue weighted by molar-refractivity contribution is -0.148. The van der Waals surface area contributed by atoms with Gasteiger partial charge < -0.3 is 5.11 Å². The van der Waals surface area contributed by atoms with Crippen molar-refractivity contribution in [2.24, 2.45) is 0 Å². The summed E-state index contributed by atoms with van der Waals surface area (Å²) in [5.74, 6) is -0.730. The molecule has 5 heteroatoms. The lowest BCUT2D eigenvalue weighted by Gasteiger charge is -2.30. The van der Waals surface area contributed by atoms with Gasteiger partial charge in [0.1, 0.15) is 10.5 Å². The monoisotopic (exact) mass is 276 g/mol. The number of likely N-dealkylation sites (tertiary alicyclic amines) is 1. The quantitative estimate of drug-likeness (QED) is 0.936. The minimum atomic E-state index is -0.738. The van der Waals surface area contributed by atoms with E-state index in [1.54, 1.807) is 11.3 Å². The molecule has 1 N–H and O–H groups in total. The molecular formula is C14H16N2O2S. The molecule has 1 aromatic carbocycles. The summed E-state index contributed by atoms with van der Waals surface area (Å²) in [6.07, 6.45) is 1.65. The second-order valence-electron chi connectivity index (χ2n) is 5.18. The van der Waals surface area contributed by atoms with Crippen LogP contribution in [0.4, 0.5) is 0 Å². The molecule has 0 aliphatic carbocycles. The van der Waals surface area contributed by atoms with Crippen LogP contribution in [0.2, 0.25) is 0 Å². The number of rotatable bonds is 3. The average Bonchev–Trinajstić information content (AvgIpc) is 2.94. The minimum absolute atomic E-state index is 0.627. The number of benzene rings is 1. The van der Waals surface area contributed by atoms with Crippen LogP contribution in [0.15, 0.2) is 24.3 Å². The molecule has 19 heavy (non-hydrogen) atoms. The van der Waals surface area contributed by atoms with E-state index in [1.807, 2.05) is 30.0 Å². The summed E-state index contributed by atoms with van der Waals surface area (Å²) < 4.78 is 1.16. The van der Waals surface area contributed by atoms with Crippen molar-refractivity contribution in [2.75, 3.05) is 6.54 Å². The predicted octanol–water partition coefficient (Wildman–Crippen LogP) is 2.74. The van der Waals surface area contributed by atoms with Gasteiger partial charge in [-0.15, -0.1) is 11.3 Å². The van der Waals surface area contributed by atoms with Gasteiger partial charge >= 0.3 is 5.97 Å². The lowest BCUT2D eigenvalue weighted by atomic mass is 9.99. The highest BCUT2D eigenvalue weighted by Crippen LogP contribution is 2.32. The highest BCUT2D eigenvalue weighted by atomic mass is 32.1. The van der Waals surface area contributed by atoms with E-state index in [2.05, 4.69) is 11.1 Å². The third-order valence-corrected chi connectivity index (χ3v) is 4.94. The van der Waals surface area contributed by atoms with Crippen LogP contribution in [0, 0.1) is 0 Å². The van der Waals surface area contributed by atoms with Gasteiger partial charge in [-0.25, -0.2) is 4.98 Å². The molecule has 1 saturated heterocycles. The highest BCUT2D eigenvalue weighted by Gasteiger charge is 2.43. The summed E-state index contributed by atoms with van der Waals surface area (Å²) in [7, 11) is 0. The van der Waals surface area contributed by atoms with E-state index in [0.717, 1.165) is 28.2 Å². The van der Waals surface area contributed by atoms with Gasteiger partial charge in [0.15, 0.2) is 0 Å². The fourth-order valence-corrected chi connectivity index (χ4v) is 3.65. The Morgan fingerprint density at radius 3 is 3.05 bits per heavy atom. The van der Waals surface area contributed by atoms with Crippen molar-refractivity contribution in [3.63, 3.8) is 0 Å². The third kappa shape index (κ3) is 2.13. The smallest absolute Gasteiger partial charge is 0.323 e. The largest absolute Gasteiger partial charge is 0.480 e. The molecule has 2 aromatic rings. The van der Waals surface area contributed by atoms with Gasteiger partial charge in [-0.2, -0.15) is 0 Å². The Labute approximate surface area is 115 Å². The van der Waals surface area contributed by atoms with Gasteiger partial charge in [-0.3, -0.25) is 9.69 Å². The van der Waals surface area contributed by atoms with Crippen LogP contribution < -0.4 is 0 Å². The Hall–Kier alpha value is -1.46. The first-order valence-electron chi connectivity index (χ1n) is 6.42. The third-order valence-electron chi connectivity index (χ3n) is 3.91. The second-order valence-corrected chi connectivity index (χ2v) is 6.29. The molecule has 3 rings (SSSR count). The van der Waals surface area contributed by atoms with Crippen LogP contribution in [0.3, 0.4) is 0 Å². The van der Waals surface area contributed by atoms with Crippen molar-refractivity contribution < 1.29 is 9.90 Å². The molecule has 0 spiro atoms. The Morgan fingerprint density at radius 2 is 2.32 bits per heavy atom. The van der Waals surface area contributed by atoms with E-state index in [4.69, 9.17) is 0 Å². The molecule has 1 aromatic heterocycles. The maximum Gasteiger partial charge on any atom is 0.323 e. The Bertz CT molecular complexity index is 592. The fraction of sp³-hybridized carbons (Fsp3) is 0.429. The zero-order valence-corrected chi connectivity index (χ0v) is 11.6. The Balaban J connectivity index is 1.86. The first kappa shape index (κ1) is 12.6. The van der Waals surface area contributed by atoms with E-state index in [-0.39, 0.29) is 0 Å². The van der Waals surface area contributed by atoms with E-state index in [9.17, 15) is 9.90 Å². The maximum atomic E-state index is 11.4. The number of fused-ring (bicyclic) bond motifs is 1. The second kappa shape index (κ2) is 4.58. The van der Waals surface area contributed by atoms with Crippen molar-refractivity contribution in [3.8, 4) is 0 Å². The van der Waals surface area contributed by atoms with Crippen LogP contribution in [-0.4, -0.2) is 33.0 Å². The zero-order valence-electron chi connectivity index (χ0n) is 10.8. The first-order chi connectivity index (χ1) is 9.09. The van der Waals surface area contributed by atoms with Crippen LogP contribution in [0.1, 0.15) is 24.8 Å². The van der Waals surface area contributed by atoms with Crippen LogP contribution in [0.25, 0.3) is 10.2 Å². The molecule has 0 amide bonds. The number of thiazole rings is 1. The normalized spacial score (nSPS) is 24.1. The molecule has 0 saturated carbocycles. The number of hydrogen-bond acceptors (Lipinski definition) is 4. The molecule has 1 atom stereocenters. The molecule has 0 radical (unpaired) electrons. The predicted molar refractivity (Wildman–Crippen MR) is 75.3 cm³/mol. The van der Waals surface area contributed by atoms with Crippen molar-refractivity contribution >= 4 is 27.5 Å². The maximum absolute atomic E-state index is 11.4. The van der Waals surface area contributed by atoms with E-state index >= 15 is 0 Å². The molecule has 1 fully saturated rings. The summed E-state index contributed by atoms with van der Waals surface area (Å²) in [5, 5.41) is 10.4. The summed E-state index contributed by atoms with van der Waals surface area (Å²) in [6, 6.07) is 8.02. The first-order valence-corrected chi connectivity index (χ1v) is 7.24. The molecule has 1 aliphatic rings. The molecule has 1 aliphatic heterocycles. The van der Waals surface area contributed by atoms with Crippen LogP contribution >= 0.6 is 11.3 Å². The van der Waals surface area contributed by atoms with Crippen molar-refractivity contribution in [2.45, 2.75) is 31.8 Å². The van der Waals surface area contributed by atoms with Gasteiger partial charge in [-0.05, 0) is 38.4 Å². The summed E-state index contributed by atoms with van der Waals surface area (Å²) in [6.45, 7) is 3.27. The van der Waals surface area contributed by atoms with E-state index in [0.29, 0.717) is 13.0 Å². The summed E-state index contributed by atoms with van der Waals surface area (Å²) in [5.41, 5.74) is 0.261. The number of hydrogen-bond donors (Lipinski definition) is 1. The van der Waals surface area contributed by atoms with Gasteiger partial charge in [0.25, 0.3) is 0 Å². The van der Waals surface area contributed by atoms with Crippen molar-refractivity contribution in [3.05, 3.63) is 29.3 Å². The average molecular weight is 276 g/mol. The van der Waals surface area contributed by atoms with Crippen molar-refractivity contribution in [1.29, 1.82) is 0 Å². The number of carboxylic acids is 1. The molecule has 100 valence electrons. The van der Waals surface area contributed by atoms with E-state index < -0.39 is 11.5 Å². The van der Waals surface area contributed by atoms with Crippen LogP contribution in [-0.2, 0) is 11.3 Å². The number of nitrogens with zero attached hydrogens (tertiary/aromatic N) is 2. The Kier molecular flexibility index (Phi) is 3.03. The van der Waals surface area contributed by atoms with Gasteiger partial charge in [-0.1, -0.05) is 12.1 Å². The number of carbonyl (C=O) groups is 1. The molecule has 0 bridgehead atoms. The van der Waals surface area contributed by atoms with Crippen molar-refractivity contribution in [1.82, 2.24) is 9.88 Å². The number of aromatic nitrogens is 1. The highest BCUT2D eigenvalue weighted by molar-refractivity contribution is 7.18. The molecule has 2 heterocycles. The lowest BCUT2D eigenvalue weighted by Crippen LogP contribution is -2.47. The summed E-state index contributed by atoms with van der Waals surface area (Å²) >= 11 is 1.65. The molecule has 1 unspecified atom stereocenters. The molecular weight excluding hydrogens is 260 g/mol. The number of aliphatic carboxylic acids is 1. The minimum Gasteiger partial charge on any atom is -0.480 e. The van der Waals surface area contributed by atoms with Crippen LogP contribution in [0.5, 0.6) is 0 Å². The zero-order chi connectivity index (χ0) is 13.5. The topological polar surface area (TPSA) is 53.4 Å². The van der Waals surface area contributed by atoms with Gasteiger partial charge in [0.05, 0.1) is 16.8 Å². The SMILES string of the molecule is CC1(C(=O)O)CCCN1Cc1nc2ccccc2s1. The fourth-order valence-electron chi connectivity index (χ4n) is 2.67. The number of carboxylic acid groups (broad SMARTS) is 1.